The molecule has 0 unspecified atom stereocenters. The molecule has 1 fully saturated rings. The first-order chi connectivity index (χ1) is 14.8. The summed E-state index contributed by atoms with van der Waals surface area (Å²) in [5, 5.41) is 10.1. The topological polar surface area (TPSA) is 116 Å². The van der Waals surface area contributed by atoms with Crippen LogP contribution in [-0.2, 0) is 19.6 Å². The number of nitrogens with one attached hydrogen (secondary N) is 1. The number of aromatic nitrogens is 3. The first-order valence-electron chi connectivity index (χ1n) is 9.16. The fraction of sp³-hybridized carbons (Fsp3) is 0.278. The van der Waals surface area contributed by atoms with Crippen LogP contribution >= 0.6 is 11.6 Å². The van der Waals surface area contributed by atoms with Crippen LogP contribution in [0.5, 0.6) is 0 Å². The van der Waals surface area contributed by atoms with Gasteiger partial charge in [0.05, 0.1) is 23.1 Å². The van der Waals surface area contributed by atoms with Gasteiger partial charge in [0, 0.05) is 18.8 Å². The van der Waals surface area contributed by atoms with Crippen LogP contribution in [0.4, 0.5) is 10.1 Å². The Labute approximate surface area is 181 Å². The molecule has 1 N–H and O–H groups in total. The molecule has 0 saturated carbocycles. The Morgan fingerprint density at radius 2 is 2.00 bits per heavy atom. The number of benzene rings is 2. The minimum atomic E-state index is -3.72. The molecule has 0 bridgehead atoms. The molecule has 4 rings (SSSR count). The number of anilines is 1. The van der Waals surface area contributed by atoms with E-state index in [9.17, 15) is 17.6 Å². The maximum Gasteiger partial charge on any atom is 0.265 e. The van der Waals surface area contributed by atoms with Gasteiger partial charge in [-0.25, -0.2) is 12.8 Å². The fourth-order valence-electron chi connectivity index (χ4n) is 2.96. The molecule has 2 heterocycles. The van der Waals surface area contributed by atoms with E-state index in [1.165, 1.54) is 34.6 Å². The molecule has 10 nitrogen and oxygen atoms in total. The summed E-state index contributed by atoms with van der Waals surface area (Å²) in [5.74, 6) is -1.16. The molecule has 1 aliphatic heterocycles. The number of morpholine rings is 1. The van der Waals surface area contributed by atoms with Crippen LogP contribution in [0.25, 0.3) is 11.0 Å². The number of hydrogen-bond acceptors (Lipinski definition) is 7. The first kappa shape index (κ1) is 21.4. The average Bonchev–Trinajstić information content (AvgIpc) is 3.18. The number of rotatable bonds is 6. The third kappa shape index (κ3) is 4.61. The van der Waals surface area contributed by atoms with Crippen molar-refractivity contribution < 1.29 is 27.2 Å². The van der Waals surface area contributed by atoms with Gasteiger partial charge in [-0.1, -0.05) is 16.4 Å². The summed E-state index contributed by atoms with van der Waals surface area (Å²) in [4.78, 5) is 18.5. The van der Waals surface area contributed by atoms with E-state index in [1.54, 1.807) is 0 Å². The second-order valence-corrected chi connectivity index (χ2v) is 8.92. The number of nitrogens with zero attached hydrogens (tertiary/aromatic N) is 4. The van der Waals surface area contributed by atoms with E-state index in [2.05, 4.69) is 15.6 Å². The Bertz CT molecular complexity index is 1230. The average molecular weight is 470 g/mol. The molecule has 1 aromatic heterocycles. The predicted molar refractivity (Wildman–Crippen MR) is 109 cm³/mol. The normalized spacial score (nSPS) is 15.2. The molecule has 1 amide bonds. The fourth-order valence-corrected chi connectivity index (χ4v) is 4.57. The van der Waals surface area contributed by atoms with Crippen LogP contribution in [-0.4, -0.2) is 66.7 Å². The molecule has 164 valence electrons. The van der Waals surface area contributed by atoms with Crippen molar-refractivity contribution in [2.45, 2.75) is 4.90 Å². The summed E-state index contributed by atoms with van der Waals surface area (Å²) in [5.41, 5.74) is 0.973. The lowest BCUT2D eigenvalue weighted by Crippen LogP contribution is -2.40. The first-order valence-corrected chi connectivity index (χ1v) is 11.0. The van der Waals surface area contributed by atoms with E-state index in [-0.39, 0.29) is 28.5 Å². The van der Waals surface area contributed by atoms with Crippen LogP contribution in [0.2, 0.25) is 5.02 Å². The maximum atomic E-state index is 13.2. The Morgan fingerprint density at radius 3 is 2.74 bits per heavy atom. The molecule has 13 heteroatoms. The SMILES string of the molecule is O=C(COn1nnc2ccc(S(=O)(=O)N3CCOCC3)cc21)Nc1ccc(F)c(Cl)c1. The molecule has 0 spiro atoms. The summed E-state index contributed by atoms with van der Waals surface area (Å²) >= 11 is 5.69. The molecular formula is C18H17ClFN5O5S. The van der Waals surface area contributed by atoms with Crippen molar-refractivity contribution in [1.82, 2.24) is 19.5 Å². The number of carbonyl (C=O) groups excluding carboxylic acids is 1. The number of sulfonamides is 1. The lowest BCUT2D eigenvalue weighted by molar-refractivity contribution is -0.121. The van der Waals surface area contributed by atoms with E-state index in [1.807, 2.05) is 0 Å². The smallest absolute Gasteiger partial charge is 0.265 e. The van der Waals surface area contributed by atoms with E-state index in [4.69, 9.17) is 21.2 Å². The van der Waals surface area contributed by atoms with Gasteiger partial charge in [0.25, 0.3) is 5.91 Å². The highest BCUT2D eigenvalue weighted by atomic mass is 35.5. The molecule has 0 atom stereocenters. The quantitative estimate of drug-likeness (QED) is 0.578. The van der Waals surface area contributed by atoms with E-state index in [0.717, 1.165) is 10.9 Å². The number of ether oxygens (including phenoxy) is 1. The largest absolute Gasteiger partial charge is 0.385 e. The molecule has 0 radical (unpaired) electrons. The van der Waals surface area contributed by atoms with Crippen molar-refractivity contribution in [3.8, 4) is 0 Å². The third-order valence-electron chi connectivity index (χ3n) is 4.52. The molecule has 2 aromatic carbocycles. The summed E-state index contributed by atoms with van der Waals surface area (Å²) in [7, 11) is -3.72. The molecule has 0 aliphatic carbocycles. The summed E-state index contributed by atoms with van der Waals surface area (Å²) in [6.45, 7) is 0.745. The van der Waals surface area contributed by atoms with Crippen molar-refractivity contribution in [2.75, 3.05) is 38.2 Å². The zero-order valence-corrected chi connectivity index (χ0v) is 17.6. The Balaban J connectivity index is 1.48. The van der Waals surface area contributed by atoms with Gasteiger partial charge in [-0.05, 0) is 41.6 Å². The van der Waals surface area contributed by atoms with Crippen LogP contribution < -0.4 is 10.2 Å². The van der Waals surface area contributed by atoms with Crippen molar-refractivity contribution in [3.63, 3.8) is 0 Å². The van der Waals surface area contributed by atoms with Crippen LogP contribution in [0, 0.1) is 5.82 Å². The molecular weight excluding hydrogens is 453 g/mol. The highest BCUT2D eigenvalue weighted by Gasteiger charge is 2.27. The minimum absolute atomic E-state index is 0.0551. The zero-order chi connectivity index (χ0) is 22.0. The lowest BCUT2D eigenvalue weighted by Gasteiger charge is -2.26. The third-order valence-corrected chi connectivity index (χ3v) is 6.70. The number of carbonyl (C=O) groups is 1. The van der Waals surface area contributed by atoms with Gasteiger partial charge in [-0.2, -0.15) is 4.31 Å². The van der Waals surface area contributed by atoms with Crippen LogP contribution in [0.1, 0.15) is 0 Å². The standard InChI is InChI=1S/C18H17ClFN5O5S/c19-14-9-12(1-3-15(14)20)21-18(26)11-30-25-17-10-13(2-4-16(17)22-23-25)31(27,28)24-5-7-29-8-6-24/h1-4,9-10H,5-8,11H2,(H,21,26). The number of amides is 1. The molecule has 31 heavy (non-hydrogen) atoms. The van der Waals surface area contributed by atoms with Gasteiger partial charge in [-0.3, -0.25) is 4.79 Å². The van der Waals surface area contributed by atoms with Gasteiger partial charge in [0.1, 0.15) is 16.9 Å². The van der Waals surface area contributed by atoms with Gasteiger partial charge in [-0.15, -0.1) is 5.10 Å². The second kappa shape index (κ2) is 8.75. The van der Waals surface area contributed by atoms with E-state index in [0.29, 0.717) is 24.4 Å². The number of fused-ring (bicyclic) bond motifs is 1. The molecule has 1 saturated heterocycles. The van der Waals surface area contributed by atoms with Crippen molar-refractivity contribution in [2.24, 2.45) is 0 Å². The van der Waals surface area contributed by atoms with Crippen molar-refractivity contribution >= 4 is 44.3 Å². The highest BCUT2D eigenvalue weighted by Crippen LogP contribution is 2.22. The molecule has 1 aliphatic rings. The summed E-state index contributed by atoms with van der Waals surface area (Å²) in [6.07, 6.45) is 0. The molecule has 3 aromatic rings. The number of halogens is 2. The monoisotopic (exact) mass is 469 g/mol. The highest BCUT2D eigenvalue weighted by molar-refractivity contribution is 7.89. The zero-order valence-electron chi connectivity index (χ0n) is 16.0. The van der Waals surface area contributed by atoms with Gasteiger partial charge in [0.15, 0.2) is 6.61 Å². The Kier molecular flexibility index (Phi) is 6.05. The van der Waals surface area contributed by atoms with Gasteiger partial charge in [0.2, 0.25) is 10.0 Å². The summed E-state index contributed by atoms with van der Waals surface area (Å²) < 4.78 is 45.5. The predicted octanol–water partition coefficient (Wildman–Crippen LogP) is 1.31. The summed E-state index contributed by atoms with van der Waals surface area (Å²) in [6, 6.07) is 8.08. The minimum Gasteiger partial charge on any atom is -0.385 e. The lowest BCUT2D eigenvalue weighted by atomic mass is 10.3. The maximum absolute atomic E-state index is 13.2. The van der Waals surface area contributed by atoms with Crippen LogP contribution in [0.15, 0.2) is 41.3 Å². The van der Waals surface area contributed by atoms with Crippen molar-refractivity contribution in [3.05, 3.63) is 47.2 Å². The second-order valence-electron chi connectivity index (χ2n) is 6.58. The van der Waals surface area contributed by atoms with Crippen LogP contribution in [0.3, 0.4) is 0 Å². The van der Waals surface area contributed by atoms with Crippen molar-refractivity contribution in [1.29, 1.82) is 0 Å². The van der Waals surface area contributed by atoms with E-state index >= 15 is 0 Å². The van der Waals surface area contributed by atoms with Gasteiger partial charge < -0.3 is 14.9 Å². The van der Waals surface area contributed by atoms with E-state index < -0.39 is 28.4 Å². The Hall–Kier alpha value is -2.80. The Morgan fingerprint density at radius 1 is 1.23 bits per heavy atom. The number of hydrogen-bond donors (Lipinski definition) is 1. The van der Waals surface area contributed by atoms with Gasteiger partial charge >= 0.3 is 0 Å².